The van der Waals surface area contributed by atoms with Crippen LogP contribution in [0.15, 0.2) is 12.1 Å². The number of likely N-dealkylation sites (tertiary alicyclic amines) is 1. The van der Waals surface area contributed by atoms with Gasteiger partial charge in [0.15, 0.2) is 17.5 Å². The highest BCUT2D eigenvalue weighted by molar-refractivity contribution is 5.94. The zero-order chi connectivity index (χ0) is 14.9. The Hall–Kier alpha value is -1.56. The summed E-state index contributed by atoms with van der Waals surface area (Å²) in [6.07, 6.45) is 1.55. The summed E-state index contributed by atoms with van der Waals surface area (Å²) in [6.45, 7) is 2.90. The van der Waals surface area contributed by atoms with Crippen LogP contribution in [0.3, 0.4) is 0 Å². The van der Waals surface area contributed by atoms with E-state index in [0.717, 1.165) is 19.4 Å². The van der Waals surface area contributed by atoms with E-state index in [9.17, 15) is 18.0 Å². The Morgan fingerprint density at radius 2 is 1.90 bits per heavy atom. The number of rotatable bonds is 2. The van der Waals surface area contributed by atoms with Crippen molar-refractivity contribution < 1.29 is 18.0 Å². The summed E-state index contributed by atoms with van der Waals surface area (Å²) < 4.78 is 39.0. The highest BCUT2D eigenvalue weighted by Crippen LogP contribution is 2.17. The van der Waals surface area contributed by atoms with E-state index >= 15 is 0 Å². The van der Waals surface area contributed by atoms with Crippen LogP contribution < -0.4 is 5.32 Å². The van der Waals surface area contributed by atoms with Crippen molar-refractivity contribution in [1.29, 1.82) is 0 Å². The number of amides is 1. The molecule has 1 aromatic carbocycles. The molecule has 0 saturated carbocycles. The van der Waals surface area contributed by atoms with Crippen molar-refractivity contribution in [3.05, 3.63) is 35.1 Å². The van der Waals surface area contributed by atoms with E-state index in [1.807, 2.05) is 7.05 Å². The molecule has 110 valence electrons. The lowest BCUT2D eigenvalue weighted by Crippen LogP contribution is -2.47. The van der Waals surface area contributed by atoms with Gasteiger partial charge in [0.2, 0.25) is 0 Å². The van der Waals surface area contributed by atoms with Gasteiger partial charge in [-0.05, 0) is 38.9 Å². The molecular formula is C14H17F3N2O. The predicted molar refractivity (Wildman–Crippen MR) is 68.9 cm³/mol. The van der Waals surface area contributed by atoms with Gasteiger partial charge in [-0.2, -0.15) is 0 Å². The van der Waals surface area contributed by atoms with E-state index < -0.39 is 23.4 Å². The fourth-order valence-corrected chi connectivity index (χ4v) is 2.38. The molecule has 6 heteroatoms. The van der Waals surface area contributed by atoms with Crippen LogP contribution in [0.4, 0.5) is 13.2 Å². The number of hydrogen-bond acceptors (Lipinski definition) is 2. The lowest BCUT2D eigenvalue weighted by molar-refractivity contribution is 0.0895. The van der Waals surface area contributed by atoms with Crippen molar-refractivity contribution in [2.45, 2.75) is 31.8 Å². The zero-order valence-corrected chi connectivity index (χ0v) is 11.4. The summed E-state index contributed by atoms with van der Waals surface area (Å²) in [7, 11) is 2.01. The number of carbonyl (C=O) groups is 1. The molecule has 1 saturated heterocycles. The molecule has 20 heavy (non-hydrogen) atoms. The molecule has 1 aromatic rings. The Kier molecular flexibility index (Phi) is 4.32. The Morgan fingerprint density at radius 3 is 2.45 bits per heavy atom. The number of nitrogens with zero attached hydrogens (tertiary/aromatic N) is 1. The van der Waals surface area contributed by atoms with Gasteiger partial charge in [0.1, 0.15) is 0 Å². The summed E-state index contributed by atoms with van der Waals surface area (Å²) in [5.74, 6) is -4.85. The molecule has 2 rings (SSSR count). The van der Waals surface area contributed by atoms with Crippen molar-refractivity contribution in [3.63, 3.8) is 0 Å². The summed E-state index contributed by atoms with van der Waals surface area (Å²) in [4.78, 5) is 14.1. The van der Waals surface area contributed by atoms with Crippen LogP contribution in [-0.4, -0.2) is 36.5 Å². The van der Waals surface area contributed by atoms with Gasteiger partial charge in [0.05, 0.1) is 0 Å². The first-order valence-corrected chi connectivity index (χ1v) is 6.54. The fourth-order valence-electron chi connectivity index (χ4n) is 2.38. The van der Waals surface area contributed by atoms with E-state index in [-0.39, 0.29) is 11.6 Å². The van der Waals surface area contributed by atoms with Gasteiger partial charge in [-0.3, -0.25) is 4.79 Å². The van der Waals surface area contributed by atoms with Crippen molar-refractivity contribution in [2.24, 2.45) is 0 Å². The van der Waals surface area contributed by atoms with Gasteiger partial charge >= 0.3 is 0 Å². The summed E-state index contributed by atoms with van der Waals surface area (Å²) in [6, 6.07) is 1.72. The largest absolute Gasteiger partial charge is 0.349 e. The first-order chi connectivity index (χ1) is 9.38. The first kappa shape index (κ1) is 14.8. The maximum Gasteiger partial charge on any atom is 0.251 e. The van der Waals surface area contributed by atoms with Crippen molar-refractivity contribution >= 4 is 5.91 Å². The molecule has 1 amide bonds. The predicted octanol–water partition coefficient (Wildman–Crippen LogP) is 2.32. The van der Waals surface area contributed by atoms with Crippen molar-refractivity contribution in [3.8, 4) is 0 Å². The fraction of sp³-hybridized carbons (Fsp3) is 0.500. The average Bonchev–Trinajstić information content (AvgIpc) is 2.39. The molecule has 0 aliphatic carbocycles. The van der Waals surface area contributed by atoms with Crippen LogP contribution in [0.5, 0.6) is 0 Å². The van der Waals surface area contributed by atoms with E-state index in [2.05, 4.69) is 17.1 Å². The van der Waals surface area contributed by atoms with Crippen LogP contribution in [0.25, 0.3) is 0 Å². The third-order valence-electron chi connectivity index (χ3n) is 3.79. The van der Waals surface area contributed by atoms with Gasteiger partial charge in [0, 0.05) is 24.2 Å². The monoisotopic (exact) mass is 286 g/mol. The minimum absolute atomic E-state index is 0.0372. The lowest BCUT2D eigenvalue weighted by atomic mass is 9.98. The summed E-state index contributed by atoms with van der Waals surface area (Å²) >= 11 is 0. The number of nitrogens with one attached hydrogen (secondary N) is 1. The van der Waals surface area contributed by atoms with Gasteiger partial charge in [-0.15, -0.1) is 0 Å². The number of carbonyl (C=O) groups excluding carboxylic acids is 1. The maximum atomic E-state index is 13.1. The molecule has 0 aromatic heterocycles. The van der Waals surface area contributed by atoms with E-state index in [1.165, 1.54) is 0 Å². The van der Waals surface area contributed by atoms with Crippen LogP contribution in [0.1, 0.15) is 30.1 Å². The number of hydrogen-bond donors (Lipinski definition) is 1. The minimum Gasteiger partial charge on any atom is -0.349 e. The molecule has 0 spiro atoms. The molecule has 1 N–H and O–H groups in total. The second-order valence-corrected chi connectivity index (χ2v) is 5.28. The summed E-state index contributed by atoms with van der Waals surface area (Å²) in [5.41, 5.74) is -0.201. The topological polar surface area (TPSA) is 32.3 Å². The molecule has 2 atom stereocenters. The van der Waals surface area contributed by atoms with Crippen LogP contribution in [0, 0.1) is 17.5 Å². The van der Waals surface area contributed by atoms with Gasteiger partial charge in [0.25, 0.3) is 5.91 Å². The molecule has 1 aliphatic rings. The molecule has 0 radical (unpaired) electrons. The SMILES string of the molecule is CC1CC(NC(=O)c2cc(F)c(F)c(F)c2)CCN1C. The Balaban J connectivity index is 2.05. The van der Waals surface area contributed by atoms with Crippen LogP contribution >= 0.6 is 0 Å². The zero-order valence-electron chi connectivity index (χ0n) is 11.4. The molecule has 2 unspecified atom stereocenters. The van der Waals surface area contributed by atoms with Gasteiger partial charge < -0.3 is 10.2 Å². The van der Waals surface area contributed by atoms with E-state index in [0.29, 0.717) is 18.2 Å². The quantitative estimate of drug-likeness (QED) is 0.846. The van der Waals surface area contributed by atoms with E-state index in [4.69, 9.17) is 0 Å². The second-order valence-electron chi connectivity index (χ2n) is 5.28. The molecule has 3 nitrogen and oxygen atoms in total. The third kappa shape index (κ3) is 3.12. The molecule has 1 heterocycles. The molecule has 1 aliphatic heterocycles. The maximum absolute atomic E-state index is 13.1. The Labute approximate surface area is 115 Å². The Morgan fingerprint density at radius 1 is 1.30 bits per heavy atom. The third-order valence-corrected chi connectivity index (χ3v) is 3.79. The number of halogens is 3. The van der Waals surface area contributed by atoms with Gasteiger partial charge in [-0.25, -0.2) is 13.2 Å². The smallest absolute Gasteiger partial charge is 0.251 e. The Bertz CT molecular complexity index is 498. The highest BCUT2D eigenvalue weighted by Gasteiger charge is 2.25. The number of piperidine rings is 1. The normalized spacial score (nSPS) is 23.6. The van der Waals surface area contributed by atoms with Crippen LogP contribution in [-0.2, 0) is 0 Å². The van der Waals surface area contributed by atoms with E-state index in [1.54, 1.807) is 0 Å². The van der Waals surface area contributed by atoms with Gasteiger partial charge in [-0.1, -0.05) is 0 Å². The second kappa shape index (κ2) is 5.83. The first-order valence-electron chi connectivity index (χ1n) is 6.54. The molecular weight excluding hydrogens is 269 g/mol. The standard InChI is InChI=1S/C14H17F3N2O/c1-8-5-10(3-4-19(8)2)18-14(20)9-6-11(15)13(17)12(16)7-9/h6-8,10H,3-5H2,1-2H3,(H,18,20). The number of benzene rings is 1. The van der Waals surface area contributed by atoms with Crippen molar-refractivity contribution in [1.82, 2.24) is 10.2 Å². The highest BCUT2D eigenvalue weighted by atomic mass is 19.2. The molecule has 1 fully saturated rings. The lowest BCUT2D eigenvalue weighted by Gasteiger charge is -2.35. The summed E-state index contributed by atoms with van der Waals surface area (Å²) in [5, 5.41) is 2.74. The van der Waals surface area contributed by atoms with Crippen LogP contribution in [0.2, 0.25) is 0 Å². The van der Waals surface area contributed by atoms with Crippen molar-refractivity contribution in [2.75, 3.05) is 13.6 Å². The average molecular weight is 286 g/mol. The minimum atomic E-state index is -1.56. The molecule has 0 bridgehead atoms.